The van der Waals surface area contributed by atoms with Crippen LogP contribution in [0.4, 0.5) is 0 Å². The number of rotatable bonds is 5. The summed E-state index contributed by atoms with van der Waals surface area (Å²) in [6, 6.07) is 3.85. The van der Waals surface area contributed by atoms with Crippen molar-refractivity contribution < 1.29 is 9.53 Å². The third kappa shape index (κ3) is 4.67. The number of hydrogen-bond acceptors (Lipinski definition) is 3. The van der Waals surface area contributed by atoms with E-state index in [-0.39, 0.29) is 11.3 Å². The van der Waals surface area contributed by atoms with Crippen LogP contribution in [0.5, 0.6) is 5.75 Å². The highest BCUT2D eigenvalue weighted by molar-refractivity contribution is 5.99. The van der Waals surface area contributed by atoms with Crippen molar-refractivity contribution in [3.05, 3.63) is 28.8 Å². The number of nitrogens with one attached hydrogen (secondary N) is 1. The minimum atomic E-state index is 0.0353. The van der Waals surface area contributed by atoms with E-state index in [0.717, 1.165) is 11.1 Å². The van der Waals surface area contributed by atoms with E-state index in [0.29, 0.717) is 24.3 Å². The number of aryl methyl sites for hydroxylation is 2. The molecule has 0 amide bonds. The maximum absolute atomic E-state index is 12.3. The van der Waals surface area contributed by atoms with Gasteiger partial charge in [-0.2, -0.15) is 0 Å². The molecule has 0 saturated heterocycles. The lowest BCUT2D eigenvalue weighted by Gasteiger charge is -2.20. The van der Waals surface area contributed by atoms with Crippen molar-refractivity contribution in [3.63, 3.8) is 0 Å². The minimum Gasteiger partial charge on any atom is -0.496 e. The van der Waals surface area contributed by atoms with Crippen LogP contribution in [0.3, 0.4) is 0 Å². The first-order valence-electron chi connectivity index (χ1n) is 6.68. The van der Waals surface area contributed by atoms with Crippen LogP contribution in [0, 0.1) is 13.8 Å². The Balaban J connectivity index is 2.79. The molecule has 1 aromatic carbocycles. The zero-order chi connectivity index (χ0) is 14.6. The Morgan fingerprint density at radius 1 is 1.21 bits per heavy atom. The van der Waals surface area contributed by atoms with Crippen molar-refractivity contribution in [1.29, 1.82) is 0 Å². The zero-order valence-electron chi connectivity index (χ0n) is 12.9. The molecular formula is C16H25NO2. The topological polar surface area (TPSA) is 38.3 Å². The van der Waals surface area contributed by atoms with E-state index < -0.39 is 0 Å². The standard InChI is InChI=1S/C16H25NO2/c1-11-9-13(15(19-6)10-12(11)2)14(18)7-8-17-16(3,4)5/h9-10,17H,7-8H2,1-6H3. The molecule has 0 unspecified atom stereocenters. The molecule has 0 fully saturated rings. The van der Waals surface area contributed by atoms with Crippen LogP contribution in [-0.4, -0.2) is 25.0 Å². The molecule has 3 heteroatoms. The van der Waals surface area contributed by atoms with E-state index in [1.54, 1.807) is 7.11 Å². The van der Waals surface area contributed by atoms with Crippen molar-refractivity contribution in [2.24, 2.45) is 0 Å². The summed E-state index contributed by atoms with van der Waals surface area (Å²) < 4.78 is 5.31. The quantitative estimate of drug-likeness (QED) is 0.829. The molecule has 0 saturated carbocycles. The van der Waals surface area contributed by atoms with Gasteiger partial charge in [-0.15, -0.1) is 0 Å². The fraction of sp³-hybridized carbons (Fsp3) is 0.562. The summed E-state index contributed by atoms with van der Waals surface area (Å²) in [5, 5.41) is 3.32. The van der Waals surface area contributed by atoms with Gasteiger partial charge in [0.2, 0.25) is 0 Å². The molecule has 0 aliphatic heterocycles. The SMILES string of the molecule is COc1cc(C)c(C)cc1C(=O)CCNC(C)(C)C. The largest absolute Gasteiger partial charge is 0.496 e. The van der Waals surface area contributed by atoms with Gasteiger partial charge in [0, 0.05) is 18.5 Å². The van der Waals surface area contributed by atoms with Crippen LogP contribution >= 0.6 is 0 Å². The minimum absolute atomic E-state index is 0.0353. The summed E-state index contributed by atoms with van der Waals surface area (Å²) in [5.41, 5.74) is 2.98. The van der Waals surface area contributed by atoms with Crippen LogP contribution in [0.2, 0.25) is 0 Å². The summed E-state index contributed by atoms with van der Waals surface area (Å²) in [7, 11) is 1.61. The molecular weight excluding hydrogens is 238 g/mol. The van der Waals surface area contributed by atoms with E-state index in [1.807, 2.05) is 26.0 Å². The van der Waals surface area contributed by atoms with Gasteiger partial charge in [-0.05, 0) is 57.9 Å². The Bertz CT molecular complexity index is 459. The molecule has 106 valence electrons. The third-order valence-corrected chi connectivity index (χ3v) is 3.12. The Hall–Kier alpha value is -1.35. The smallest absolute Gasteiger partial charge is 0.167 e. The van der Waals surface area contributed by atoms with Crippen molar-refractivity contribution in [1.82, 2.24) is 5.32 Å². The fourth-order valence-electron chi connectivity index (χ4n) is 1.86. The van der Waals surface area contributed by atoms with Gasteiger partial charge < -0.3 is 10.1 Å². The summed E-state index contributed by atoms with van der Waals surface area (Å²) in [6.45, 7) is 11.0. The number of Topliss-reactive ketones (excluding diaryl/α,β-unsaturated/α-hetero) is 1. The molecule has 0 atom stereocenters. The van der Waals surface area contributed by atoms with E-state index in [9.17, 15) is 4.79 Å². The fourth-order valence-corrected chi connectivity index (χ4v) is 1.86. The molecule has 0 radical (unpaired) electrons. The van der Waals surface area contributed by atoms with Gasteiger partial charge in [-0.25, -0.2) is 0 Å². The second-order valence-electron chi connectivity index (χ2n) is 5.99. The average Bonchev–Trinajstić information content (AvgIpc) is 2.30. The number of methoxy groups -OCH3 is 1. The highest BCUT2D eigenvalue weighted by Crippen LogP contribution is 2.24. The Morgan fingerprint density at radius 3 is 2.32 bits per heavy atom. The van der Waals surface area contributed by atoms with Crippen LogP contribution in [-0.2, 0) is 0 Å². The Labute approximate surface area is 116 Å². The molecule has 3 nitrogen and oxygen atoms in total. The lowest BCUT2D eigenvalue weighted by molar-refractivity contribution is 0.0977. The van der Waals surface area contributed by atoms with Crippen molar-refractivity contribution in [3.8, 4) is 5.75 Å². The molecule has 0 aromatic heterocycles. The molecule has 0 spiro atoms. The maximum Gasteiger partial charge on any atom is 0.167 e. The maximum atomic E-state index is 12.3. The van der Waals surface area contributed by atoms with Crippen molar-refractivity contribution in [2.75, 3.05) is 13.7 Å². The second-order valence-corrected chi connectivity index (χ2v) is 5.99. The van der Waals surface area contributed by atoms with Gasteiger partial charge in [0.15, 0.2) is 5.78 Å². The molecule has 0 bridgehead atoms. The van der Waals surface area contributed by atoms with E-state index in [4.69, 9.17) is 4.74 Å². The molecule has 0 aliphatic rings. The number of carbonyl (C=O) groups excluding carboxylic acids is 1. The lowest BCUT2D eigenvalue weighted by Crippen LogP contribution is -2.37. The van der Waals surface area contributed by atoms with Gasteiger partial charge >= 0.3 is 0 Å². The predicted molar refractivity (Wildman–Crippen MR) is 79.2 cm³/mol. The first kappa shape index (κ1) is 15.7. The first-order valence-corrected chi connectivity index (χ1v) is 6.68. The van der Waals surface area contributed by atoms with Gasteiger partial charge in [-0.1, -0.05) is 0 Å². The number of benzene rings is 1. The Kier molecular flexibility index (Phi) is 5.12. The highest BCUT2D eigenvalue weighted by atomic mass is 16.5. The average molecular weight is 263 g/mol. The first-order chi connectivity index (χ1) is 8.74. The molecule has 19 heavy (non-hydrogen) atoms. The number of ketones is 1. The summed E-state index contributed by atoms with van der Waals surface area (Å²) in [4.78, 5) is 12.3. The Morgan fingerprint density at radius 2 is 1.79 bits per heavy atom. The van der Waals surface area contributed by atoms with Gasteiger partial charge in [0.1, 0.15) is 5.75 Å². The normalized spacial score (nSPS) is 11.5. The predicted octanol–water partition coefficient (Wildman–Crippen LogP) is 3.27. The van der Waals surface area contributed by atoms with Crippen molar-refractivity contribution in [2.45, 2.75) is 46.6 Å². The van der Waals surface area contributed by atoms with Crippen LogP contribution in [0.1, 0.15) is 48.7 Å². The third-order valence-electron chi connectivity index (χ3n) is 3.12. The van der Waals surface area contributed by atoms with Gasteiger partial charge in [0.05, 0.1) is 12.7 Å². The second kappa shape index (κ2) is 6.20. The van der Waals surface area contributed by atoms with Crippen LogP contribution < -0.4 is 10.1 Å². The number of ether oxygens (including phenoxy) is 1. The van der Waals surface area contributed by atoms with E-state index >= 15 is 0 Å². The molecule has 1 N–H and O–H groups in total. The molecule has 0 heterocycles. The zero-order valence-corrected chi connectivity index (χ0v) is 12.9. The van der Waals surface area contributed by atoms with Crippen LogP contribution in [0.15, 0.2) is 12.1 Å². The summed E-state index contributed by atoms with van der Waals surface area (Å²) >= 11 is 0. The molecule has 1 rings (SSSR count). The monoisotopic (exact) mass is 263 g/mol. The number of carbonyl (C=O) groups is 1. The summed E-state index contributed by atoms with van der Waals surface area (Å²) in [5.74, 6) is 0.792. The van der Waals surface area contributed by atoms with Gasteiger partial charge in [0.25, 0.3) is 0 Å². The highest BCUT2D eigenvalue weighted by Gasteiger charge is 2.15. The van der Waals surface area contributed by atoms with Crippen molar-refractivity contribution >= 4 is 5.78 Å². The summed E-state index contributed by atoms with van der Waals surface area (Å²) in [6.07, 6.45) is 0.482. The lowest BCUT2D eigenvalue weighted by atomic mass is 10.0. The van der Waals surface area contributed by atoms with Crippen LogP contribution in [0.25, 0.3) is 0 Å². The van der Waals surface area contributed by atoms with E-state index in [1.165, 1.54) is 0 Å². The molecule has 0 aliphatic carbocycles. The molecule has 1 aromatic rings. The van der Waals surface area contributed by atoms with E-state index in [2.05, 4.69) is 26.1 Å². The van der Waals surface area contributed by atoms with Gasteiger partial charge in [-0.3, -0.25) is 4.79 Å². The number of hydrogen-bond donors (Lipinski definition) is 1.